The van der Waals surface area contributed by atoms with E-state index < -0.39 is 0 Å². The molecule has 112 valence electrons. The molecule has 21 heavy (non-hydrogen) atoms. The van der Waals surface area contributed by atoms with E-state index in [1.807, 2.05) is 30.3 Å². The molecule has 0 aliphatic rings. The van der Waals surface area contributed by atoms with Crippen LogP contribution in [0.5, 0.6) is 11.5 Å². The minimum absolute atomic E-state index is 0.259. The molecule has 0 fully saturated rings. The molecule has 0 bridgehead atoms. The lowest BCUT2D eigenvalue weighted by Crippen LogP contribution is -2.18. The van der Waals surface area contributed by atoms with Gasteiger partial charge in [0.25, 0.3) is 0 Å². The molecule has 2 rings (SSSR count). The molecule has 0 aliphatic heterocycles. The van der Waals surface area contributed by atoms with E-state index in [2.05, 4.69) is 40.3 Å². The fraction of sp³-hybridized carbons (Fsp3) is 0.294. The number of rotatable bonds is 6. The van der Waals surface area contributed by atoms with Crippen molar-refractivity contribution in [2.45, 2.75) is 19.5 Å². The van der Waals surface area contributed by atoms with E-state index in [4.69, 9.17) is 9.47 Å². The SMILES string of the molecule is COc1ccc(CNC(C)c2cccc(Br)c2)c(OC)c1. The molecule has 0 saturated carbocycles. The largest absolute Gasteiger partial charge is 0.497 e. The minimum atomic E-state index is 0.259. The number of ether oxygens (including phenoxy) is 2. The summed E-state index contributed by atoms with van der Waals surface area (Å²) in [6, 6.07) is 14.5. The third kappa shape index (κ3) is 4.22. The zero-order valence-corrected chi connectivity index (χ0v) is 14.1. The van der Waals surface area contributed by atoms with Gasteiger partial charge in [-0.25, -0.2) is 0 Å². The van der Waals surface area contributed by atoms with Gasteiger partial charge in [0.05, 0.1) is 14.2 Å². The summed E-state index contributed by atoms with van der Waals surface area (Å²) < 4.78 is 11.7. The molecule has 0 spiro atoms. The van der Waals surface area contributed by atoms with Gasteiger partial charge in [0.15, 0.2) is 0 Å². The van der Waals surface area contributed by atoms with E-state index in [-0.39, 0.29) is 6.04 Å². The van der Waals surface area contributed by atoms with Crippen LogP contribution >= 0.6 is 15.9 Å². The van der Waals surface area contributed by atoms with Crippen LogP contribution in [0, 0.1) is 0 Å². The summed E-state index contributed by atoms with van der Waals surface area (Å²) in [4.78, 5) is 0. The molecule has 1 unspecified atom stereocenters. The first kappa shape index (κ1) is 15.9. The minimum Gasteiger partial charge on any atom is -0.497 e. The summed E-state index contributed by atoms with van der Waals surface area (Å²) in [5.74, 6) is 1.64. The maximum Gasteiger partial charge on any atom is 0.127 e. The Kier molecular flexibility index (Phi) is 5.65. The third-order valence-corrected chi connectivity index (χ3v) is 3.93. The van der Waals surface area contributed by atoms with E-state index in [0.29, 0.717) is 0 Å². The van der Waals surface area contributed by atoms with Gasteiger partial charge in [-0.15, -0.1) is 0 Å². The second-order valence-corrected chi connectivity index (χ2v) is 5.75. The van der Waals surface area contributed by atoms with Crippen molar-refractivity contribution < 1.29 is 9.47 Å². The monoisotopic (exact) mass is 349 g/mol. The smallest absolute Gasteiger partial charge is 0.127 e. The standard InChI is InChI=1S/C17H20BrNO2/c1-12(13-5-4-6-15(18)9-13)19-11-14-7-8-16(20-2)10-17(14)21-3/h4-10,12,19H,11H2,1-3H3. The Morgan fingerprint density at radius 1 is 1.10 bits per heavy atom. The molecule has 0 aliphatic carbocycles. The number of methoxy groups -OCH3 is 2. The normalized spacial score (nSPS) is 12.0. The molecule has 2 aromatic rings. The highest BCUT2D eigenvalue weighted by Crippen LogP contribution is 2.25. The first-order valence-electron chi connectivity index (χ1n) is 6.83. The highest BCUT2D eigenvalue weighted by Gasteiger charge is 2.09. The van der Waals surface area contributed by atoms with E-state index in [1.165, 1.54) is 5.56 Å². The van der Waals surface area contributed by atoms with Crippen LogP contribution in [-0.2, 0) is 6.54 Å². The second kappa shape index (κ2) is 7.48. The van der Waals surface area contributed by atoms with Gasteiger partial charge in [0.1, 0.15) is 11.5 Å². The van der Waals surface area contributed by atoms with Crippen molar-refractivity contribution in [2.75, 3.05) is 14.2 Å². The Morgan fingerprint density at radius 3 is 2.57 bits per heavy atom. The maximum absolute atomic E-state index is 5.42. The van der Waals surface area contributed by atoms with Gasteiger partial charge in [-0.2, -0.15) is 0 Å². The first-order valence-corrected chi connectivity index (χ1v) is 7.63. The molecule has 0 radical (unpaired) electrons. The van der Waals surface area contributed by atoms with Gasteiger partial charge >= 0.3 is 0 Å². The van der Waals surface area contributed by atoms with Crippen LogP contribution in [-0.4, -0.2) is 14.2 Å². The first-order chi connectivity index (χ1) is 10.1. The predicted molar refractivity (Wildman–Crippen MR) is 88.9 cm³/mol. The maximum atomic E-state index is 5.42. The fourth-order valence-electron chi connectivity index (χ4n) is 2.15. The van der Waals surface area contributed by atoms with Crippen LogP contribution in [0.3, 0.4) is 0 Å². The topological polar surface area (TPSA) is 30.5 Å². The average molecular weight is 350 g/mol. The van der Waals surface area contributed by atoms with Gasteiger partial charge in [-0.05, 0) is 30.7 Å². The van der Waals surface area contributed by atoms with Gasteiger partial charge in [0.2, 0.25) is 0 Å². The molecule has 0 heterocycles. The van der Waals surface area contributed by atoms with Crippen LogP contribution in [0.2, 0.25) is 0 Å². The predicted octanol–water partition coefficient (Wildman–Crippen LogP) is 4.32. The van der Waals surface area contributed by atoms with E-state index in [9.17, 15) is 0 Å². The van der Waals surface area contributed by atoms with Crippen LogP contribution in [0.1, 0.15) is 24.1 Å². The van der Waals surface area contributed by atoms with E-state index in [1.54, 1.807) is 14.2 Å². The summed E-state index contributed by atoms with van der Waals surface area (Å²) in [5, 5.41) is 3.51. The highest BCUT2D eigenvalue weighted by atomic mass is 79.9. The Labute approximate surface area is 134 Å². The summed E-state index contributed by atoms with van der Waals surface area (Å²) in [6.45, 7) is 2.89. The van der Waals surface area contributed by atoms with Gasteiger partial charge in [0, 0.05) is 28.7 Å². The van der Waals surface area contributed by atoms with E-state index in [0.717, 1.165) is 28.1 Å². The molecule has 0 amide bonds. The number of benzene rings is 2. The quantitative estimate of drug-likeness (QED) is 0.842. The Hall–Kier alpha value is -1.52. The van der Waals surface area contributed by atoms with Crippen molar-refractivity contribution in [3.8, 4) is 11.5 Å². The lowest BCUT2D eigenvalue weighted by Gasteiger charge is -2.16. The van der Waals surface area contributed by atoms with Crippen molar-refractivity contribution in [1.82, 2.24) is 5.32 Å². The molecular weight excluding hydrogens is 330 g/mol. The van der Waals surface area contributed by atoms with Crippen LogP contribution in [0.25, 0.3) is 0 Å². The number of hydrogen-bond acceptors (Lipinski definition) is 3. The lowest BCUT2D eigenvalue weighted by molar-refractivity contribution is 0.389. The molecule has 0 aromatic heterocycles. The summed E-state index contributed by atoms with van der Waals surface area (Å²) >= 11 is 3.50. The summed E-state index contributed by atoms with van der Waals surface area (Å²) in [5.41, 5.74) is 2.36. The van der Waals surface area contributed by atoms with Crippen molar-refractivity contribution in [3.63, 3.8) is 0 Å². The third-order valence-electron chi connectivity index (χ3n) is 3.44. The lowest BCUT2D eigenvalue weighted by atomic mass is 10.1. The molecule has 0 saturated heterocycles. The number of halogens is 1. The molecule has 3 nitrogen and oxygen atoms in total. The number of nitrogens with one attached hydrogen (secondary N) is 1. The molecule has 1 N–H and O–H groups in total. The molecule has 2 aromatic carbocycles. The zero-order chi connectivity index (χ0) is 15.2. The van der Waals surface area contributed by atoms with Crippen LogP contribution < -0.4 is 14.8 Å². The van der Waals surface area contributed by atoms with Crippen molar-refractivity contribution in [3.05, 3.63) is 58.1 Å². The van der Waals surface area contributed by atoms with Gasteiger partial charge < -0.3 is 14.8 Å². The Balaban J connectivity index is 2.05. The van der Waals surface area contributed by atoms with Crippen LogP contribution in [0.15, 0.2) is 46.9 Å². The zero-order valence-electron chi connectivity index (χ0n) is 12.5. The molecule has 1 atom stereocenters. The molecular formula is C17H20BrNO2. The van der Waals surface area contributed by atoms with Crippen molar-refractivity contribution in [2.24, 2.45) is 0 Å². The Morgan fingerprint density at radius 2 is 1.90 bits per heavy atom. The second-order valence-electron chi connectivity index (χ2n) is 4.84. The van der Waals surface area contributed by atoms with Crippen molar-refractivity contribution in [1.29, 1.82) is 0 Å². The van der Waals surface area contributed by atoms with Crippen LogP contribution in [0.4, 0.5) is 0 Å². The van der Waals surface area contributed by atoms with Gasteiger partial charge in [-0.3, -0.25) is 0 Å². The molecule has 4 heteroatoms. The summed E-state index contributed by atoms with van der Waals surface area (Å²) in [7, 11) is 3.33. The fourth-order valence-corrected chi connectivity index (χ4v) is 2.57. The number of hydrogen-bond donors (Lipinski definition) is 1. The van der Waals surface area contributed by atoms with Crippen molar-refractivity contribution >= 4 is 15.9 Å². The van der Waals surface area contributed by atoms with E-state index >= 15 is 0 Å². The highest BCUT2D eigenvalue weighted by molar-refractivity contribution is 9.10. The Bertz CT molecular complexity index is 601. The summed E-state index contributed by atoms with van der Waals surface area (Å²) in [6.07, 6.45) is 0. The average Bonchev–Trinajstić information content (AvgIpc) is 2.52. The van der Waals surface area contributed by atoms with Gasteiger partial charge in [-0.1, -0.05) is 34.1 Å².